The van der Waals surface area contributed by atoms with Crippen LogP contribution in [0.15, 0.2) is 12.1 Å². The molecule has 1 unspecified atom stereocenters. The third-order valence-corrected chi connectivity index (χ3v) is 3.90. The van der Waals surface area contributed by atoms with Crippen LogP contribution in [-0.2, 0) is 9.53 Å². The summed E-state index contributed by atoms with van der Waals surface area (Å²) in [6.45, 7) is 10.7. The number of benzene rings is 1. The zero-order valence-corrected chi connectivity index (χ0v) is 14.0. The summed E-state index contributed by atoms with van der Waals surface area (Å²) in [4.78, 5) is 12.0. The molecule has 1 N–H and O–H groups in total. The van der Waals surface area contributed by atoms with Crippen LogP contribution in [0.2, 0.25) is 0 Å². The minimum absolute atomic E-state index is 0.242. The van der Waals surface area contributed by atoms with E-state index in [2.05, 4.69) is 25.2 Å². The summed E-state index contributed by atoms with van der Waals surface area (Å²) in [7, 11) is 1.76. The fraction of sp³-hybridized carbons (Fsp3) is 0.588. The van der Waals surface area contributed by atoms with Crippen LogP contribution in [0.25, 0.3) is 0 Å². The van der Waals surface area contributed by atoms with E-state index in [1.54, 1.807) is 7.05 Å². The van der Waals surface area contributed by atoms with E-state index in [4.69, 9.17) is 9.47 Å². The second-order valence-corrected chi connectivity index (χ2v) is 5.61. The van der Waals surface area contributed by atoms with Gasteiger partial charge in [-0.25, -0.2) is 0 Å². The molecule has 1 aromatic rings. The lowest BCUT2D eigenvalue weighted by Gasteiger charge is -2.26. The Bertz CT molecular complexity index is 499. The van der Waals surface area contributed by atoms with Gasteiger partial charge >= 0.3 is 5.97 Å². The lowest BCUT2D eigenvalue weighted by atomic mass is 9.99. The number of nitrogens with one attached hydrogen (secondary N) is 1. The van der Waals surface area contributed by atoms with Gasteiger partial charge in [-0.1, -0.05) is 6.07 Å². The number of aryl methyl sites for hydroxylation is 2. The molecule has 0 saturated carbocycles. The van der Waals surface area contributed by atoms with Gasteiger partial charge in [0.2, 0.25) is 0 Å². The van der Waals surface area contributed by atoms with Gasteiger partial charge in [-0.2, -0.15) is 0 Å². The topological polar surface area (TPSA) is 47.6 Å². The molecule has 1 aromatic carbocycles. The molecular formula is C17H27NO3. The quantitative estimate of drug-likeness (QED) is 0.785. The van der Waals surface area contributed by atoms with E-state index in [0.29, 0.717) is 19.6 Å². The van der Waals surface area contributed by atoms with E-state index in [9.17, 15) is 4.79 Å². The Hall–Kier alpha value is -1.55. The van der Waals surface area contributed by atoms with Crippen LogP contribution in [0, 0.1) is 20.8 Å². The molecule has 0 fully saturated rings. The maximum Gasteiger partial charge on any atom is 0.326 e. The van der Waals surface area contributed by atoms with Crippen LogP contribution in [0.5, 0.6) is 5.75 Å². The third kappa shape index (κ3) is 4.46. The summed E-state index contributed by atoms with van der Waals surface area (Å²) < 4.78 is 11.0. The Balaban J connectivity index is 2.69. The van der Waals surface area contributed by atoms with Crippen molar-refractivity contribution >= 4 is 5.97 Å². The molecule has 0 aromatic heterocycles. The third-order valence-electron chi connectivity index (χ3n) is 3.90. The molecule has 0 saturated heterocycles. The molecule has 0 radical (unpaired) electrons. The highest BCUT2D eigenvalue weighted by Gasteiger charge is 2.32. The number of ether oxygens (including phenoxy) is 2. The van der Waals surface area contributed by atoms with Crippen molar-refractivity contribution in [2.75, 3.05) is 20.3 Å². The Morgan fingerprint density at radius 2 is 1.95 bits per heavy atom. The number of rotatable bonds is 7. The molecule has 4 heteroatoms. The molecule has 0 amide bonds. The normalized spacial score (nSPS) is 13.6. The lowest BCUT2D eigenvalue weighted by molar-refractivity contribution is -0.150. The Kier molecular flexibility index (Phi) is 6.21. The molecule has 118 valence electrons. The van der Waals surface area contributed by atoms with Crippen LogP contribution in [-0.4, -0.2) is 31.8 Å². The smallest absolute Gasteiger partial charge is 0.326 e. The maximum absolute atomic E-state index is 12.0. The minimum Gasteiger partial charge on any atom is -0.493 e. The zero-order chi connectivity index (χ0) is 16.0. The maximum atomic E-state index is 12.0. The van der Waals surface area contributed by atoms with Gasteiger partial charge in [0.1, 0.15) is 11.3 Å². The van der Waals surface area contributed by atoms with E-state index in [1.165, 1.54) is 11.1 Å². The first-order valence-corrected chi connectivity index (χ1v) is 7.41. The van der Waals surface area contributed by atoms with Crippen molar-refractivity contribution in [3.63, 3.8) is 0 Å². The molecule has 1 atom stereocenters. The average molecular weight is 293 g/mol. The molecule has 0 aliphatic heterocycles. The molecule has 0 aliphatic carbocycles. The van der Waals surface area contributed by atoms with Crippen molar-refractivity contribution in [3.05, 3.63) is 28.8 Å². The van der Waals surface area contributed by atoms with Crippen molar-refractivity contribution in [2.24, 2.45) is 0 Å². The zero-order valence-electron chi connectivity index (χ0n) is 14.0. The molecule has 1 rings (SSSR count). The van der Waals surface area contributed by atoms with Gasteiger partial charge in [0, 0.05) is 6.42 Å². The van der Waals surface area contributed by atoms with Crippen LogP contribution in [0.3, 0.4) is 0 Å². The summed E-state index contributed by atoms with van der Waals surface area (Å²) in [6.07, 6.45) is 0.550. The number of esters is 1. The van der Waals surface area contributed by atoms with Crippen molar-refractivity contribution < 1.29 is 14.3 Å². The van der Waals surface area contributed by atoms with E-state index in [-0.39, 0.29) is 5.97 Å². The number of carbonyl (C=O) groups excluding carboxylic acids is 1. The second-order valence-electron chi connectivity index (χ2n) is 5.61. The van der Waals surface area contributed by atoms with Gasteiger partial charge in [0.05, 0.1) is 13.2 Å². The number of hydrogen-bond acceptors (Lipinski definition) is 4. The van der Waals surface area contributed by atoms with Gasteiger partial charge in [-0.05, 0) is 64.4 Å². The standard InChI is InChI=1S/C17H27NO3/c1-7-20-16(19)17(5,18-6)8-9-21-15-11-12(2)10-13(3)14(15)4/h10-11,18H,7-9H2,1-6H3. The summed E-state index contributed by atoms with van der Waals surface area (Å²) in [6, 6.07) is 4.17. The predicted octanol–water partition coefficient (Wildman–Crippen LogP) is 2.92. The highest BCUT2D eigenvalue weighted by atomic mass is 16.5. The number of hydrogen-bond donors (Lipinski definition) is 1. The first kappa shape index (κ1) is 17.5. The van der Waals surface area contributed by atoms with Crippen LogP contribution in [0.4, 0.5) is 0 Å². The molecule has 4 nitrogen and oxygen atoms in total. The number of likely N-dealkylation sites (N-methyl/N-ethyl adjacent to an activating group) is 1. The SMILES string of the molecule is CCOC(=O)C(C)(CCOc1cc(C)cc(C)c1C)NC. The Labute approximate surface area is 127 Å². The van der Waals surface area contributed by atoms with Gasteiger partial charge < -0.3 is 14.8 Å². The Morgan fingerprint density at radius 3 is 2.52 bits per heavy atom. The van der Waals surface area contributed by atoms with Crippen molar-refractivity contribution in [1.82, 2.24) is 5.32 Å². The largest absolute Gasteiger partial charge is 0.493 e. The fourth-order valence-corrected chi connectivity index (χ4v) is 2.14. The van der Waals surface area contributed by atoms with Crippen molar-refractivity contribution in [3.8, 4) is 5.75 Å². The predicted molar refractivity (Wildman–Crippen MR) is 84.9 cm³/mol. The highest BCUT2D eigenvalue weighted by Crippen LogP contribution is 2.24. The average Bonchev–Trinajstić information content (AvgIpc) is 2.44. The van der Waals surface area contributed by atoms with Crippen molar-refractivity contribution in [1.29, 1.82) is 0 Å². The van der Waals surface area contributed by atoms with Crippen molar-refractivity contribution in [2.45, 2.75) is 46.6 Å². The van der Waals surface area contributed by atoms with E-state index >= 15 is 0 Å². The van der Waals surface area contributed by atoms with Crippen LogP contribution < -0.4 is 10.1 Å². The first-order valence-electron chi connectivity index (χ1n) is 7.41. The summed E-state index contributed by atoms with van der Waals surface area (Å²) in [5.74, 6) is 0.642. The summed E-state index contributed by atoms with van der Waals surface area (Å²) in [5.41, 5.74) is 2.81. The van der Waals surface area contributed by atoms with Crippen LogP contribution >= 0.6 is 0 Å². The Morgan fingerprint density at radius 1 is 1.29 bits per heavy atom. The van der Waals surface area contributed by atoms with Gasteiger partial charge in [0.15, 0.2) is 0 Å². The van der Waals surface area contributed by atoms with Gasteiger partial charge in [-0.3, -0.25) is 4.79 Å². The molecule has 0 spiro atoms. The second kappa shape index (κ2) is 7.46. The van der Waals surface area contributed by atoms with E-state index < -0.39 is 5.54 Å². The minimum atomic E-state index is -0.719. The molecule has 0 heterocycles. The molecule has 21 heavy (non-hydrogen) atoms. The summed E-state index contributed by atoms with van der Waals surface area (Å²) in [5, 5.41) is 3.03. The van der Waals surface area contributed by atoms with Gasteiger partial charge in [0.25, 0.3) is 0 Å². The highest BCUT2D eigenvalue weighted by molar-refractivity contribution is 5.80. The molecule has 0 aliphatic rings. The fourth-order valence-electron chi connectivity index (χ4n) is 2.14. The van der Waals surface area contributed by atoms with Gasteiger partial charge in [-0.15, -0.1) is 0 Å². The van der Waals surface area contributed by atoms with E-state index in [0.717, 1.165) is 11.3 Å². The van der Waals surface area contributed by atoms with E-state index in [1.807, 2.05) is 26.8 Å². The number of carbonyl (C=O) groups is 1. The van der Waals surface area contributed by atoms with Crippen LogP contribution in [0.1, 0.15) is 37.0 Å². The molecule has 0 bridgehead atoms. The lowest BCUT2D eigenvalue weighted by Crippen LogP contribution is -2.49. The first-order chi connectivity index (χ1) is 9.84. The summed E-state index contributed by atoms with van der Waals surface area (Å²) >= 11 is 0. The monoisotopic (exact) mass is 293 g/mol. The molecular weight excluding hydrogens is 266 g/mol.